The van der Waals surface area contributed by atoms with Gasteiger partial charge < -0.3 is 10.2 Å². The molecule has 0 unspecified atom stereocenters. The lowest BCUT2D eigenvalue weighted by Crippen LogP contribution is -2.37. The van der Waals surface area contributed by atoms with Gasteiger partial charge in [-0.25, -0.2) is 4.98 Å². The van der Waals surface area contributed by atoms with Gasteiger partial charge in [0.1, 0.15) is 5.76 Å². The molecule has 1 fully saturated rings. The SMILES string of the molecule is Cl.NC1CC(Cc2cnco2)C1. The standard InChI is InChI=1S/C8H12N2O.ClH/c9-7-1-6(2-7)3-8-4-10-5-11-8;/h4-7H,1-3,9H2;1H. The van der Waals surface area contributed by atoms with Gasteiger partial charge in [0.25, 0.3) is 0 Å². The molecule has 0 atom stereocenters. The predicted molar refractivity (Wildman–Crippen MR) is 48.2 cm³/mol. The molecule has 0 bridgehead atoms. The van der Waals surface area contributed by atoms with E-state index < -0.39 is 0 Å². The number of rotatable bonds is 2. The summed E-state index contributed by atoms with van der Waals surface area (Å²) in [5.74, 6) is 1.72. The number of halogens is 1. The molecule has 0 aliphatic heterocycles. The van der Waals surface area contributed by atoms with E-state index >= 15 is 0 Å². The normalized spacial score (nSPS) is 27.4. The second-order valence-electron chi connectivity index (χ2n) is 3.27. The van der Waals surface area contributed by atoms with Crippen molar-refractivity contribution in [3.63, 3.8) is 0 Å². The molecule has 1 aromatic heterocycles. The highest BCUT2D eigenvalue weighted by Gasteiger charge is 2.26. The quantitative estimate of drug-likeness (QED) is 0.763. The lowest BCUT2D eigenvalue weighted by atomic mass is 9.78. The maximum Gasteiger partial charge on any atom is 0.180 e. The zero-order valence-electron chi connectivity index (χ0n) is 6.77. The summed E-state index contributed by atoms with van der Waals surface area (Å²) in [4.78, 5) is 3.85. The Morgan fingerprint density at radius 3 is 2.83 bits per heavy atom. The lowest BCUT2D eigenvalue weighted by molar-refractivity contribution is 0.251. The van der Waals surface area contributed by atoms with Gasteiger partial charge in [0.05, 0.1) is 6.20 Å². The third kappa shape index (κ3) is 1.99. The number of aromatic nitrogens is 1. The van der Waals surface area contributed by atoms with E-state index in [-0.39, 0.29) is 12.4 Å². The van der Waals surface area contributed by atoms with E-state index in [2.05, 4.69) is 4.98 Å². The minimum Gasteiger partial charge on any atom is -0.449 e. The molecule has 4 heteroatoms. The van der Waals surface area contributed by atoms with Crippen molar-refractivity contribution < 1.29 is 4.42 Å². The molecular formula is C8H13ClN2O. The number of nitrogens with two attached hydrogens (primary N) is 1. The van der Waals surface area contributed by atoms with Crippen LogP contribution < -0.4 is 5.73 Å². The summed E-state index contributed by atoms with van der Waals surface area (Å²) >= 11 is 0. The van der Waals surface area contributed by atoms with Crippen LogP contribution in [0.4, 0.5) is 0 Å². The van der Waals surface area contributed by atoms with Crippen LogP contribution in [0.3, 0.4) is 0 Å². The third-order valence-corrected chi connectivity index (χ3v) is 2.25. The first-order valence-corrected chi connectivity index (χ1v) is 3.97. The van der Waals surface area contributed by atoms with Crippen molar-refractivity contribution in [2.24, 2.45) is 11.7 Å². The predicted octanol–water partition coefficient (Wildman–Crippen LogP) is 1.38. The zero-order valence-corrected chi connectivity index (χ0v) is 7.59. The summed E-state index contributed by atoms with van der Waals surface area (Å²) in [6, 6.07) is 0.433. The largest absolute Gasteiger partial charge is 0.449 e. The highest BCUT2D eigenvalue weighted by atomic mass is 35.5. The van der Waals surface area contributed by atoms with Crippen LogP contribution in [0.25, 0.3) is 0 Å². The highest BCUT2D eigenvalue weighted by Crippen LogP contribution is 2.28. The molecular weight excluding hydrogens is 176 g/mol. The van der Waals surface area contributed by atoms with Crippen LogP contribution in [-0.2, 0) is 6.42 Å². The van der Waals surface area contributed by atoms with Crippen LogP contribution >= 0.6 is 12.4 Å². The van der Waals surface area contributed by atoms with Gasteiger partial charge >= 0.3 is 0 Å². The van der Waals surface area contributed by atoms with Crippen LogP contribution in [0.15, 0.2) is 17.0 Å². The molecule has 0 spiro atoms. The Morgan fingerprint density at radius 1 is 1.58 bits per heavy atom. The maximum atomic E-state index is 5.65. The van der Waals surface area contributed by atoms with Crippen LogP contribution in [-0.4, -0.2) is 11.0 Å². The van der Waals surface area contributed by atoms with E-state index in [1.807, 2.05) is 0 Å². The van der Waals surface area contributed by atoms with Crippen molar-refractivity contribution in [1.29, 1.82) is 0 Å². The Labute approximate surface area is 77.8 Å². The van der Waals surface area contributed by atoms with E-state index in [1.54, 1.807) is 6.20 Å². The summed E-state index contributed by atoms with van der Waals surface area (Å²) in [6.07, 6.45) is 6.55. The molecule has 1 aliphatic rings. The summed E-state index contributed by atoms with van der Waals surface area (Å²) in [5, 5.41) is 0. The van der Waals surface area contributed by atoms with Crippen LogP contribution in [0.5, 0.6) is 0 Å². The number of hydrogen-bond donors (Lipinski definition) is 1. The summed E-state index contributed by atoms with van der Waals surface area (Å²) in [6.45, 7) is 0. The summed E-state index contributed by atoms with van der Waals surface area (Å²) in [5.41, 5.74) is 5.65. The Balaban J connectivity index is 0.000000720. The number of nitrogens with zero attached hydrogens (tertiary/aromatic N) is 1. The topological polar surface area (TPSA) is 52.0 Å². The van der Waals surface area contributed by atoms with Crippen molar-refractivity contribution in [1.82, 2.24) is 4.98 Å². The molecule has 0 aromatic carbocycles. The van der Waals surface area contributed by atoms with Gasteiger partial charge in [-0.05, 0) is 18.8 Å². The lowest BCUT2D eigenvalue weighted by Gasteiger charge is -2.31. The Morgan fingerprint density at radius 2 is 2.33 bits per heavy atom. The summed E-state index contributed by atoms with van der Waals surface area (Å²) < 4.78 is 5.12. The van der Waals surface area contributed by atoms with Gasteiger partial charge in [-0.1, -0.05) is 0 Å². The molecule has 68 valence electrons. The number of oxazole rings is 1. The molecule has 1 aliphatic carbocycles. The average Bonchev–Trinajstić information content (AvgIpc) is 2.36. The first-order valence-electron chi connectivity index (χ1n) is 3.97. The fraction of sp³-hybridized carbons (Fsp3) is 0.625. The van der Waals surface area contributed by atoms with Crippen molar-refractivity contribution in [2.75, 3.05) is 0 Å². The van der Waals surface area contributed by atoms with E-state index in [1.165, 1.54) is 6.39 Å². The minimum absolute atomic E-state index is 0. The first-order chi connectivity index (χ1) is 5.34. The third-order valence-electron chi connectivity index (χ3n) is 2.25. The molecule has 0 saturated heterocycles. The number of hydrogen-bond acceptors (Lipinski definition) is 3. The average molecular weight is 189 g/mol. The van der Waals surface area contributed by atoms with E-state index in [0.717, 1.165) is 30.9 Å². The fourth-order valence-corrected chi connectivity index (χ4v) is 1.58. The van der Waals surface area contributed by atoms with Gasteiger partial charge in [0.15, 0.2) is 6.39 Å². The van der Waals surface area contributed by atoms with E-state index in [0.29, 0.717) is 6.04 Å². The zero-order chi connectivity index (χ0) is 7.68. The Hall–Kier alpha value is -0.540. The van der Waals surface area contributed by atoms with Gasteiger partial charge in [-0.3, -0.25) is 0 Å². The molecule has 1 heterocycles. The van der Waals surface area contributed by atoms with Gasteiger partial charge in [0.2, 0.25) is 0 Å². The molecule has 3 nitrogen and oxygen atoms in total. The van der Waals surface area contributed by atoms with Crippen molar-refractivity contribution in [3.05, 3.63) is 18.4 Å². The van der Waals surface area contributed by atoms with Crippen LogP contribution in [0, 0.1) is 5.92 Å². The molecule has 12 heavy (non-hydrogen) atoms. The van der Waals surface area contributed by atoms with E-state index in [9.17, 15) is 0 Å². The molecule has 2 rings (SSSR count). The molecule has 0 amide bonds. The van der Waals surface area contributed by atoms with Crippen LogP contribution in [0.2, 0.25) is 0 Å². The van der Waals surface area contributed by atoms with Crippen molar-refractivity contribution in [2.45, 2.75) is 25.3 Å². The molecule has 1 aromatic rings. The summed E-state index contributed by atoms with van der Waals surface area (Å²) in [7, 11) is 0. The first kappa shape index (κ1) is 9.55. The van der Waals surface area contributed by atoms with Crippen molar-refractivity contribution in [3.8, 4) is 0 Å². The fourth-order valence-electron chi connectivity index (χ4n) is 1.58. The van der Waals surface area contributed by atoms with E-state index in [4.69, 9.17) is 10.2 Å². The Bertz CT molecular complexity index is 219. The van der Waals surface area contributed by atoms with Gasteiger partial charge in [0, 0.05) is 12.5 Å². The molecule has 1 saturated carbocycles. The van der Waals surface area contributed by atoms with Crippen LogP contribution in [0.1, 0.15) is 18.6 Å². The second-order valence-corrected chi connectivity index (χ2v) is 3.27. The minimum atomic E-state index is 0. The van der Waals surface area contributed by atoms with Crippen molar-refractivity contribution >= 4 is 12.4 Å². The van der Waals surface area contributed by atoms with Gasteiger partial charge in [-0.2, -0.15) is 0 Å². The highest BCUT2D eigenvalue weighted by molar-refractivity contribution is 5.85. The second kappa shape index (κ2) is 3.92. The molecule has 2 N–H and O–H groups in total. The Kier molecular flexibility index (Phi) is 3.12. The smallest absolute Gasteiger partial charge is 0.180 e. The monoisotopic (exact) mass is 188 g/mol. The van der Waals surface area contributed by atoms with Gasteiger partial charge in [-0.15, -0.1) is 12.4 Å². The molecule has 0 radical (unpaired) electrons. The maximum absolute atomic E-state index is 5.65.